The number of hydrogen-bond acceptors (Lipinski definition) is 3. The van der Waals surface area contributed by atoms with Gasteiger partial charge in [0.2, 0.25) is 0 Å². The molecule has 4 rings (SSSR count). The fourth-order valence-electron chi connectivity index (χ4n) is 4.39. The van der Waals surface area contributed by atoms with Gasteiger partial charge in [-0.05, 0) is 49.7 Å². The monoisotopic (exact) mass is 270 g/mol. The second kappa shape index (κ2) is 4.55. The Labute approximate surface area is 119 Å². The molecule has 4 unspecified atom stereocenters. The predicted octanol–water partition coefficient (Wildman–Crippen LogP) is 2.68. The van der Waals surface area contributed by atoms with Gasteiger partial charge in [-0.2, -0.15) is 0 Å². The summed E-state index contributed by atoms with van der Waals surface area (Å²) < 4.78 is 2.32. The lowest BCUT2D eigenvalue weighted by molar-refractivity contribution is 0.346. The van der Waals surface area contributed by atoms with Crippen molar-refractivity contribution in [2.45, 2.75) is 51.1 Å². The van der Waals surface area contributed by atoms with Gasteiger partial charge in [0.05, 0.1) is 0 Å². The SMILES string of the molecule is CCCn1c(C2C3CCC(C3)C2N)nc2cccnc21. The van der Waals surface area contributed by atoms with E-state index in [1.807, 2.05) is 12.3 Å². The molecule has 0 spiro atoms. The maximum Gasteiger partial charge on any atom is 0.159 e. The average molecular weight is 270 g/mol. The van der Waals surface area contributed by atoms with Gasteiger partial charge >= 0.3 is 0 Å². The van der Waals surface area contributed by atoms with Crippen molar-refractivity contribution in [3.8, 4) is 0 Å². The second-order valence-electron chi connectivity index (χ2n) is 6.40. The van der Waals surface area contributed by atoms with Crippen LogP contribution in [0.15, 0.2) is 18.3 Å². The van der Waals surface area contributed by atoms with E-state index in [4.69, 9.17) is 10.7 Å². The third-order valence-corrected chi connectivity index (χ3v) is 5.26. The smallest absolute Gasteiger partial charge is 0.159 e. The molecule has 2 aromatic heterocycles. The van der Waals surface area contributed by atoms with Crippen molar-refractivity contribution < 1.29 is 0 Å². The van der Waals surface area contributed by atoms with E-state index in [1.165, 1.54) is 25.1 Å². The summed E-state index contributed by atoms with van der Waals surface area (Å²) in [4.78, 5) is 9.44. The highest BCUT2D eigenvalue weighted by Gasteiger charge is 2.48. The summed E-state index contributed by atoms with van der Waals surface area (Å²) in [6.45, 7) is 3.20. The van der Waals surface area contributed by atoms with E-state index < -0.39 is 0 Å². The zero-order chi connectivity index (χ0) is 13.7. The van der Waals surface area contributed by atoms with Crippen molar-refractivity contribution in [3.05, 3.63) is 24.2 Å². The Morgan fingerprint density at radius 1 is 1.35 bits per heavy atom. The number of aromatic nitrogens is 3. The Morgan fingerprint density at radius 3 is 2.95 bits per heavy atom. The van der Waals surface area contributed by atoms with Gasteiger partial charge in [-0.3, -0.25) is 0 Å². The molecule has 0 radical (unpaired) electrons. The molecule has 0 aliphatic heterocycles. The van der Waals surface area contributed by atoms with Crippen molar-refractivity contribution in [2.75, 3.05) is 0 Å². The molecular formula is C16H22N4. The number of rotatable bonds is 3. The highest BCUT2D eigenvalue weighted by atomic mass is 15.1. The van der Waals surface area contributed by atoms with Gasteiger partial charge in [-0.25, -0.2) is 9.97 Å². The first-order valence-electron chi connectivity index (χ1n) is 7.86. The van der Waals surface area contributed by atoms with Crippen LogP contribution in [0.25, 0.3) is 11.2 Å². The first-order chi connectivity index (χ1) is 9.79. The Hall–Kier alpha value is -1.42. The summed E-state index contributed by atoms with van der Waals surface area (Å²) in [5.74, 6) is 3.09. The third-order valence-electron chi connectivity index (χ3n) is 5.26. The van der Waals surface area contributed by atoms with E-state index in [1.54, 1.807) is 0 Å². The van der Waals surface area contributed by atoms with Crippen molar-refractivity contribution in [2.24, 2.45) is 17.6 Å². The molecule has 2 saturated carbocycles. The van der Waals surface area contributed by atoms with Crippen molar-refractivity contribution in [1.29, 1.82) is 0 Å². The molecule has 0 amide bonds. The van der Waals surface area contributed by atoms with E-state index in [0.29, 0.717) is 17.9 Å². The zero-order valence-electron chi connectivity index (χ0n) is 12.0. The van der Waals surface area contributed by atoms with Gasteiger partial charge in [-0.1, -0.05) is 6.92 Å². The molecule has 0 aromatic carbocycles. The fraction of sp³-hybridized carbons (Fsp3) is 0.625. The number of imidazole rings is 1. The second-order valence-corrected chi connectivity index (χ2v) is 6.40. The molecule has 2 N–H and O–H groups in total. The van der Waals surface area contributed by atoms with Crippen LogP contribution in [0.2, 0.25) is 0 Å². The molecule has 4 nitrogen and oxygen atoms in total. The Kier molecular flexibility index (Phi) is 2.81. The first-order valence-corrected chi connectivity index (χ1v) is 7.86. The van der Waals surface area contributed by atoms with Crippen LogP contribution in [0.4, 0.5) is 0 Å². The van der Waals surface area contributed by atoms with E-state index in [2.05, 4.69) is 22.5 Å². The van der Waals surface area contributed by atoms with Gasteiger partial charge in [0.1, 0.15) is 11.3 Å². The minimum Gasteiger partial charge on any atom is -0.327 e. The van der Waals surface area contributed by atoms with Gasteiger partial charge in [0, 0.05) is 24.7 Å². The zero-order valence-corrected chi connectivity index (χ0v) is 12.0. The molecular weight excluding hydrogens is 248 g/mol. The van der Waals surface area contributed by atoms with Crippen LogP contribution in [0.5, 0.6) is 0 Å². The van der Waals surface area contributed by atoms with Gasteiger partial charge in [-0.15, -0.1) is 0 Å². The molecule has 4 heteroatoms. The van der Waals surface area contributed by atoms with Gasteiger partial charge in [0.15, 0.2) is 5.65 Å². The molecule has 106 valence electrons. The lowest BCUT2D eigenvalue weighted by Gasteiger charge is -2.28. The standard InChI is InChI=1S/C16H22N4/c1-2-8-20-15-12(4-3-7-18-15)19-16(20)13-10-5-6-11(9-10)14(13)17/h3-4,7,10-11,13-14H,2,5-6,8-9,17H2,1H3. The summed E-state index contributed by atoms with van der Waals surface area (Å²) >= 11 is 0. The number of pyridine rings is 1. The fourth-order valence-corrected chi connectivity index (χ4v) is 4.39. The van der Waals surface area contributed by atoms with E-state index >= 15 is 0 Å². The molecule has 20 heavy (non-hydrogen) atoms. The summed E-state index contributed by atoms with van der Waals surface area (Å²) in [6, 6.07) is 4.33. The number of aryl methyl sites for hydroxylation is 1. The highest BCUT2D eigenvalue weighted by Crippen LogP contribution is 2.52. The Bertz CT molecular complexity index is 630. The van der Waals surface area contributed by atoms with Gasteiger partial charge < -0.3 is 10.3 Å². The number of nitrogens with two attached hydrogens (primary N) is 1. The maximum absolute atomic E-state index is 6.51. The topological polar surface area (TPSA) is 56.7 Å². The summed E-state index contributed by atoms with van der Waals surface area (Å²) in [7, 11) is 0. The first kappa shape index (κ1) is 12.3. The molecule has 2 fully saturated rings. The minimum absolute atomic E-state index is 0.293. The van der Waals surface area contributed by atoms with Crippen LogP contribution in [-0.4, -0.2) is 20.6 Å². The van der Waals surface area contributed by atoms with Crippen molar-refractivity contribution >= 4 is 11.2 Å². The summed E-state index contributed by atoms with van der Waals surface area (Å²) in [5.41, 5.74) is 8.56. The van der Waals surface area contributed by atoms with Crippen molar-refractivity contribution in [1.82, 2.24) is 14.5 Å². The molecule has 2 aliphatic rings. The quantitative estimate of drug-likeness (QED) is 0.933. The van der Waals surface area contributed by atoms with E-state index in [-0.39, 0.29) is 0 Å². The molecule has 2 aromatic rings. The molecule has 4 atom stereocenters. The molecule has 2 aliphatic carbocycles. The summed E-state index contributed by atoms with van der Waals surface area (Å²) in [5, 5.41) is 0. The Balaban J connectivity index is 1.84. The normalized spacial score (nSPS) is 32.3. The summed E-state index contributed by atoms with van der Waals surface area (Å²) in [6.07, 6.45) is 6.90. The predicted molar refractivity (Wildman–Crippen MR) is 79.4 cm³/mol. The average Bonchev–Trinajstić information content (AvgIpc) is 3.13. The van der Waals surface area contributed by atoms with E-state index in [9.17, 15) is 0 Å². The van der Waals surface area contributed by atoms with Crippen LogP contribution >= 0.6 is 0 Å². The van der Waals surface area contributed by atoms with Crippen LogP contribution in [0.3, 0.4) is 0 Å². The minimum atomic E-state index is 0.293. The molecule has 0 saturated heterocycles. The maximum atomic E-state index is 6.51. The highest BCUT2D eigenvalue weighted by molar-refractivity contribution is 5.71. The lowest BCUT2D eigenvalue weighted by atomic mass is 9.84. The lowest BCUT2D eigenvalue weighted by Crippen LogP contribution is -2.35. The van der Waals surface area contributed by atoms with Crippen LogP contribution in [0.1, 0.15) is 44.3 Å². The van der Waals surface area contributed by atoms with Crippen molar-refractivity contribution in [3.63, 3.8) is 0 Å². The Morgan fingerprint density at radius 2 is 2.20 bits per heavy atom. The number of hydrogen-bond donors (Lipinski definition) is 1. The largest absolute Gasteiger partial charge is 0.327 e. The number of nitrogens with zero attached hydrogens (tertiary/aromatic N) is 3. The number of fused-ring (bicyclic) bond motifs is 3. The third kappa shape index (κ3) is 1.64. The van der Waals surface area contributed by atoms with Crippen LogP contribution < -0.4 is 5.73 Å². The van der Waals surface area contributed by atoms with E-state index in [0.717, 1.165) is 30.0 Å². The molecule has 2 heterocycles. The van der Waals surface area contributed by atoms with Crippen LogP contribution in [-0.2, 0) is 6.54 Å². The molecule has 2 bridgehead atoms. The van der Waals surface area contributed by atoms with Crippen LogP contribution in [0, 0.1) is 11.8 Å². The van der Waals surface area contributed by atoms with Gasteiger partial charge in [0.25, 0.3) is 0 Å².